The first-order valence-electron chi connectivity index (χ1n) is 6.72. The number of amides is 2. The molecule has 0 radical (unpaired) electrons. The Kier molecular flexibility index (Phi) is 4.49. The number of nitrogens with zero attached hydrogens (tertiary/aromatic N) is 1. The zero-order valence-corrected chi connectivity index (χ0v) is 14.2. The number of halogens is 1. The van der Waals surface area contributed by atoms with Crippen molar-refractivity contribution in [1.82, 2.24) is 9.88 Å². The van der Waals surface area contributed by atoms with Gasteiger partial charge >= 0.3 is 0 Å². The Morgan fingerprint density at radius 2 is 1.96 bits per heavy atom. The van der Waals surface area contributed by atoms with E-state index in [1.807, 2.05) is 0 Å². The summed E-state index contributed by atoms with van der Waals surface area (Å²) in [5.41, 5.74) is 1.19. The van der Waals surface area contributed by atoms with Crippen molar-refractivity contribution in [3.8, 4) is 0 Å². The van der Waals surface area contributed by atoms with Gasteiger partial charge in [0.2, 0.25) is 0 Å². The van der Waals surface area contributed by atoms with E-state index in [1.165, 1.54) is 0 Å². The van der Waals surface area contributed by atoms with Crippen LogP contribution in [0.5, 0.6) is 0 Å². The molecule has 1 aromatic carbocycles. The van der Waals surface area contributed by atoms with Crippen LogP contribution in [0.15, 0.2) is 52.0 Å². The Morgan fingerprint density at radius 3 is 2.61 bits per heavy atom. The maximum atomic E-state index is 12.3. The fraction of sp³-hybridized carbons (Fsp3) is 0.0625. The highest BCUT2D eigenvalue weighted by Crippen LogP contribution is 2.32. The summed E-state index contributed by atoms with van der Waals surface area (Å²) in [6, 6.07) is 10.4. The summed E-state index contributed by atoms with van der Waals surface area (Å²) in [4.78, 5) is 40.8. The van der Waals surface area contributed by atoms with Crippen molar-refractivity contribution >= 4 is 50.7 Å². The Balaban J connectivity index is 1.75. The lowest BCUT2D eigenvalue weighted by molar-refractivity contribution is -0.122. The van der Waals surface area contributed by atoms with Gasteiger partial charge in [0.25, 0.3) is 11.1 Å². The zero-order chi connectivity index (χ0) is 16.4. The summed E-state index contributed by atoms with van der Waals surface area (Å²) in [5, 5.41) is -0.432. The number of nitrogens with one attached hydrogen (secondary N) is 1. The second kappa shape index (κ2) is 6.55. The first-order chi connectivity index (χ1) is 11.0. The second-order valence-corrected chi connectivity index (χ2v) is 6.73. The van der Waals surface area contributed by atoms with Gasteiger partial charge in [-0.25, -0.2) is 0 Å². The van der Waals surface area contributed by atoms with Crippen molar-refractivity contribution in [2.45, 2.75) is 0 Å². The van der Waals surface area contributed by atoms with Gasteiger partial charge in [-0.3, -0.25) is 19.3 Å². The molecule has 0 saturated carbocycles. The molecule has 1 aliphatic rings. The molecule has 1 fully saturated rings. The number of Topliss-reactive ketones (excluding diaryl/α,β-unsaturated/α-hetero) is 1. The highest BCUT2D eigenvalue weighted by Gasteiger charge is 2.36. The molecule has 7 heteroatoms. The molecule has 3 rings (SSSR count). The number of hydrogen-bond acceptors (Lipinski definition) is 4. The van der Waals surface area contributed by atoms with E-state index in [-0.39, 0.29) is 12.3 Å². The second-order valence-electron chi connectivity index (χ2n) is 4.82. The molecule has 0 spiro atoms. The minimum absolute atomic E-state index is 0.256. The van der Waals surface area contributed by atoms with Crippen LogP contribution >= 0.6 is 27.7 Å². The molecule has 2 heterocycles. The summed E-state index contributed by atoms with van der Waals surface area (Å²) in [6.07, 6.45) is 3.34. The van der Waals surface area contributed by atoms with E-state index in [0.717, 1.165) is 26.8 Å². The van der Waals surface area contributed by atoms with Crippen LogP contribution in [0.25, 0.3) is 6.08 Å². The van der Waals surface area contributed by atoms with E-state index in [0.29, 0.717) is 10.5 Å². The Labute approximate surface area is 144 Å². The van der Waals surface area contributed by atoms with E-state index >= 15 is 0 Å². The minimum atomic E-state index is -0.444. The van der Waals surface area contributed by atoms with Gasteiger partial charge in [-0.1, -0.05) is 28.1 Å². The Morgan fingerprint density at radius 1 is 1.22 bits per heavy atom. The quantitative estimate of drug-likeness (QED) is 0.638. The number of hydrogen-bond donors (Lipinski definition) is 1. The van der Waals surface area contributed by atoms with Gasteiger partial charge in [-0.05, 0) is 42.1 Å². The normalized spacial score (nSPS) is 16.4. The van der Waals surface area contributed by atoms with E-state index < -0.39 is 11.1 Å². The Bertz CT molecular complexity index is 797. The first-order valence-corrected chi connectivity index (χ1v) is 8.33. The maximum Gasteiger partial charge on any atom is 0.293 e. The molecule has 1 saturated heterocycles. The number of benzene rings is 1. The van der Waals surface area contributed by atoms with E-state index in [9.17, 15) is 14.4 Å². The van der Waals surface area contributed by atoms with Gasteiger partial charge < -0.3 is 4.98 Å². The number of carbonyl (C=O) groups excluding carboxylic acids is 3. The number of ketones is 1. The molecular weight excluding hydrogens is 380 g/mol. The monoisotopic (exact) mass is 390 g/mol. The number of thioether (sulfide) groups is 1. The fourth-order valence-corrected chi connectivity index (χ4v) is 3.18. The van der Waals surface area contributed by atoms with Crippen molar-refractivity contribution in [3.63, 3.8) is 0 Å². The topological polar surface area (TPSA) is 70.2 Å². The summed E-state index contributed by atoms with van der Waals surface area (Å²) < 4.78 is 0.856. The van der Waals surface area contributed by atoms with E-state index in [2.05, 4.69) is 20.9 Å². The number of imide groups is 1. The molecular formula is C16H11BrN2O3S. The van der Waals surface area contributed by atoms with Crippen molar-refractivity contribution in [2.75, 3.05) is 6.54 Å². The lowest BCUT2D eigenvalue weighted by atomic mass is 10.1. The smallest absolute Gasteiger partial charge is 0.293 e. The van der Waals surface area contributed by atoms with Gasteiger partial charge in [0.05, 0.1) is 11.4 Å². The highest BCUT2D eigenvalue weighted by molar-refractivity contribution is 9.10. The molecule has 1 aliphatic heterocycles. The predicted octanol–water partition coefficient (Wildman–Crippen LogP) is 3.70. The largest absolute Gasteiger partial charge is 0.362 e. The van der Waals surface area contributed by atoms with E-state index in [4.69, 9.17) is 0 Å². The van der Waals surface area contributed by atoms with Crippen LogP contribution < -0.4 is 0 Å². The summed E-state index contributed by atoms with van der Waals surface area (Å²) >= 11 is 4.13. The molecule has 0 atom stereocenters. The average Bonchev–Trinajstić information content (AvgIpc) is 3.12. The molecule has 2 aromatic rings. The van der Waals surface area contributed by atoms with E-state index in [1.54, 1.807) is 48.7 Å². The third-order valence-corrected chi connectivity index (χ3v) is 4.69. The molecule has 2 amide bonds. The summed E-state index contributed by atoms with van der Waals surface area (Å²) in [5.74, 6) is -0.721. The third-order valence-electron chi connectivity index (χ3n) is 3.25. The molecule has 23 heavy (non-hydrogen) atoms. The molecule has 0 aliphatic carbocycles. The van der Waals surface area contributed by atoms with Crippen molar-refractivity contribution < 1.29 is 14.4 Å². The number of aromatic nitrogens is 1. The van der Waals surface area contributed by atoms with Crippen LogP contribution in [0.3, 0.4) is 0 Å². The first kappa shape index (κ1) is 15.8. The predicted molar refractivity (Wildman–Crippen MR) is 91.9 cm³/mol. The van der Waals surface area contributed by atoms with Crippen LogP contribution in [0.1, 0.15) is 16.1 Å². The van der Waals surface area contributed by atoms with Gasteiger partial charge in [0.15, 0.2) is 5.78 Å². The Hall–Kier alpha value is -2.12. The zero-order valence-electron chi connectivity index (χ0n) is 11.8. The minimum Gasteiger partial charge on any atom is -0.362 e. The third kappa shape index (κ3) is 3.46. The molecule has 0 bridgehead atoms. The van der Waals surface area contributed by atoms with Gasteiger partial charge in [0, 0.05) is 21.9 Å². The van der Waals surface area contributed by atoms with Crippen LogP contribution in [0.4, 0.5) is 4.79 Å². The van der Waals surface area contributed by atoms with Crippen LogP contribution in [-0.4, -0.2) is 33.4 Å². The number of rotatable bonds is 4. The number of aromatic amines is 1. The van der Waals surface area contributed by atoms with Crippen LogP contribution in [-0.2, 0) is 4.79 Å². The van der Waals surface area contributed by atoms with Gasteiger partial charge in [-0.15, -0.1) is 0 Å². The van der Waals surface area contributed by atoms with Gasteiger partial charge in [0.1, 0.15) is 0 Å². The highest BCUT2D eigenvalue weighted by atomic mass is 79.9. The van der Waals surface area contributed by atoms with Crippen LogP contribution in [0, 0.1) is 0 Å². The average molecular weight is 391 g/mol. The standard InChI is InChI=1S/C16H11BrN2O3S/c17-11-5-3-10(4-6-11)13(20)9-19-15(21)14(23-16(19)22)8-12-2-1-7-18-12/h1-8,18H,9H2/b14-8+. The fourth-order valence-electron chi connectivity index (χ4n) is 2.08. The lowest BCUT2D eigenvalue weighted by Crippen LogP contribution is -2.33. The number of carbonyl (C=O) groups is 3. The lowest BCUT2D eigenvalue weighted by Gasteiger charge is -2.11. The molecule has 5 nitrogen and oxygen atoms in total. The molecule has 0 unspecified atom stereocenters. The maximum absolute atomic E-state index is 12.3. The summed E-state index contributed by atoms with van der Waals surface area (Å²) in [7, 11) is 0. The summed E-state index contributed by atoms with van der Waals surface area (Å²) in [6.45, 7) is -0.256. The van der Waals surface area contributed by atoms with Gasteiger partial charge in [-0.2, -0.15) is 0 Å². The number of H-pyrrole nitrogens is 1. The molecule has 116 valence electrons. The molecule has 1 aromatic heterocycles. The van der Waals surface area contributed by atoms with Crippen molar-refractivity contribution in [3.05, 3.63) is 63.2 Å². The van der Waals surface area contributed by atoms with Crippen molar-refractivity contribution in [2.24, 2.45) is 0 Å². The molecule has 1 N–H and O–H groups in total. The van der Waals surface area contributed by atoms with Crippen molar-refractivity contribution in [1.29, 1.82) is 0 Å². The van der Waals surface area contributed by atoms with Crippen LogP contribution in [0.2, 0.25) is 0 Å². The SMILES string of the molecule is O=C(CN1C(=O)S/C(=C/c2ccc[nH]2)C1=O)c1ccc(Br)cc1.